The lowest BCUT2D eigenvalue weighted by molar-refractivity contribution is -0.137. The van der Waals surface area contributed by atoms with Gasteiger partial charge in [0.15, 0.2) is 0 Å². The zero-order valence-electron chi connectivity index (χ0n) is 10.8. The van der Waals surface area contributed by atoms with Crippen LogP contribution >= 0.6 is 11.6 Å². The number of H-pyrrole nitrogens is 1. The SMILES string of the molecule is O=[S@@](CCCc1cn[nH]c1)c1ccc(Cl)c(C(F)(F)F)c1. The summed E-state index contributed by atoms with van der Waals surface area (Å²) < 4.78 is 50.2. The molecule has 0 bridgehead atoms. The second-order valence-electron chi connectivity index (χ2n) is 4.40. The van der Waals surface area contributed by atoms with Crippen LogP contribution in [0.1, 0.15) is 17.5 Å². The first-order valence-corrected chi connectivity index (χ1v) is 7.80. The molecule has 0 aliphatic carbocycles. The fourth-order valence-corrected chi connectivity index (χ4v) is 3.14. The molecule has 0 fully saturated rings. The Morgan fingerprint density at radius 1 is 1.33 bits per heavy atom. The van der Waals surface area contributed by atoms with Gasteiger partial charge in [-0.25, -0.2) is 0 Å². The van der Waals surface area contributed by atoms with Gasteiger partial charge >= 0.3 is 6.18 Å². The average Bonchev–Trinajstić information content (AvgIpc) is 2.91. The van der Waals surface area contributed by atoms with Gasteiger partial charge in [-0.15, -0.1) is 0 Å². The Labute approximate surface area is 127 Å². The summed E-state index contributed by atoms with van der Waals surface area (Å²) in [6, 6.07) is 3.36. The Hall–Kier alpha value is -1.34. The summed E-state index contributed by atoms with van der Waals surface area (Å²) in [5, 5.41) is 6.06. The maximum atomic E-state index is 12.7. The van der Waals surface area contributed by atoms with Gasteiger partial charge in [-0.05, 0) is 36.6 Å². The number of alkyl halides is 3. The number of aryl methyl sites for hydroxylation is 1. The summed E-state index contributed by atoms with van der Waals surface area (Å²) in [6.07, 6.45) is 0.103. The minimum absolute atomic E-state index is 0.138. The van der Waals surface area contributed by atoms with Gasteiger partial charge in [0.2, 0.25) is 0 Å². The topological polar surface area (TPSA) is 45.8 Å². The first kappa shape index (κ1) is 16.0. The molecule has 0 amide bonds. The first-order valence-electron chi connectivity index (χ1n) is 6.10. The highest BCUT2D eigenvalue weighted by atomic mass is 35.5. The van der Waals surface area contributed by atoms with Crippen molar-refractivity contribution in [3.63, 3.8) is 0 Å². The maximum Gasteiger partial charge on any atom is 0.417 e. The lowest BCUT2D eigenvalue weighted by Crippen LogP contribution is -2.08. The van der Waals surface area contributed by atoms with Crippen LogP contribution in [0.25, 0.3) is 0 Å². The molecule has 0 saturated heterocycles. The third-order valence-corrected chi connectivity index (χ3v) is 4.62. The van der Waals surface area contributed by atoms with Crippen molar-refractivity contribution in [2.75, 3.05) is 5.75 Å². The van der Waals surface area contributed by atoms with E-state index in [4.69, 9.17) is 11.6 Å². The third-order valence-electron chi connectivity index (χ3n) is 2.86. The smallest absolute Gasteiger partial charge is 0.285 e. The summed E-state index contributed by atoms with van der Waals surface area (Å²) in [4.78, 5) is 0.138. The Morgan fingerprint density at radius 3 is 2.71 bits per heavy atom. The number of halogens is 4. The van der Waals surface area contributed by atoms with E-state index in [0.29, 0.717) is 12.8 Å². The van der Waals surface area contributed by atoms with Crippen LogP contribution in [0.3, 0.4) is 0 Å². The second kappa shape index (κ2) is 6.62. The molecule has 2 rings (SSSR count). The number of hydrogen-bond acceptors (Lipinski definition) is 2. The first-order chi connectivity index (χ1) is 9.88. The van der Waals surface area contributed by atoms with Crippen molar-refractivity contribution in [1.29, 1.82) is 0 Å². The normalized spacial score (nSPS) is 13.3. The lowest BCUT2D eigenvalue weighted by atomic mass is 10.2. The molecule has 2 aromatic rings. The van der Waals surface area contributed by atoms with E-state index in [0.717, 1.165) is 17.7 Å². The van der Waals surface area contributed by atoms with Crippen LogP contribution in [0.2, 0.25) is 5.02 Å². The number of aromatic nitrogens is 2. The molecule has 21 heavy (non-hydrogen) atoms. The molecular weight excluding hydrogens is 325 g/mol. The van der Waals surface area contributed by atoms with E-state index in [9.17, 15) is 17.4 Å². The van der Waals surface area contributed by atoms with Crippen molar-refractivity contribution in [2.45, 2.75) is 23.9 Å². The molecule has 8 heteroatoms. The van der Waals surface area contributed by atoms with Crippen molar-refractivity contribution in [3.05, 3.63) is 46.7 Å². The number of aromatic amines is 1. The molecule has 3 nitrogen and oxygen atoms in total. The highest BCUT2D eigenvalue weighted by molar-refractivity contribution is 7.85. The molecule has 1 atom stereocenters. The Kier molecular flexibility index (Phi) is 5.05. The van der Waals surface area contributed by atoms with Gasteiger partial charge in [0, 0.05) is 16.8 Å². The monoisotopic (exact) mass is 336 g/mol. The van der Waals surface area contributed by atoms with Crippen LogP contribution in [0.4, 0.5) is 13.2 Å². The van der Waals surface area contributed by atoms with Crippen molar-refractivity contribution in [1.82, 2.24) is 10.2 Å². The van der Waals surface area contributed by atoms with Gasteiger partial charge in [0.1, 0.15) is 0 Å². The molecule has 0 aliphatic rings. The van der Waals surface area contributed by atoms with E-state index >= 15 is 0 Å². The molecule has 1 aromatic carbocycles. The van der Waals surface area contributed by atoms with Crippen LogP contribution < -0.4 is 0 Å². The largest absolute Gasteiger partial charge is 0.417 e. The predicted molar refractivity (Wildman–Crippen MR) is 74.6 cm³/mol. The highest BCUT2D eigenvalue weighted by Gasteiger charge is 2.33. The molecule has 1 N–H and O–H groups in total. The van der Waals surface area contributed by atoms with Crippen LogP contribution in [0.15, 0.2) is 35.5 Å². The predicted octanol–water partition coefficient (Wildman–Crippen LogP) is 3.82. The average molecular weight is 337 g/mol. The van der Waals surface area contributed by atoms with Gasteiger partial charge in [-0.2, -0.15) is 18.3 Å². The zero-order valence-corrected chi connectivity index (χ0v) is 12.4. The number of benzene rings is 1. The third kappa shape index (κ3) is 4.31. The Bertz CT molecular complexity index is 629. The van der Waals surface area contributed by atoms with E-state index in [1.54, 1.807) is 12.4 Å². The summed E-state index contributed by atoms with van der Waals surface area (Å²) in [6.45, 7) is 0. The zero-order chi connectivity index (χ0) is 15.5. The van der Waals surface area contributed by atoms with Crippen molar-refractivity contribution < 1.29 is 17.4 Å². The van der Waals surface area contributed by atoms with E-state index in [2.05, 4.69) is 10.2 Å². The lowest BCUT2D eigenvalue weighted by Gasteiger charge is -2.10. The molecule has 1 aromatic heterocycles. The summed E-state index contributed by atoms with van der Waals surface area (Å²) in [5.74, 6) is 0.282. The molecule has 1 heterocycles. The van der Waals surface area contributed by atoms with Gasteiger partial charge in [-0.3, -0.25) is 9.31 Å². The van der Waals surface area contributed by atoms with Crippen LogP contribution in [-0.2, 0) is 23.4 Å². The van der Waals surface area contributed by atoms with Gasteiger partial charge in [-0.1, -0.05) is 11.6 Å². The minimum Gasteiger partial charge on any atom is -0.285 e. The van der Waals surface area contributed by atoms with Crippen molar-refractivity contribution in [3.8, 4) is 0 Å². The Balaban J connectivity index is 2.02. The minimum atomic E-state index is -4.55. The van der Waals surface area contributed by atoms with Crippen LogP contribution in [-0.4, -0.2) is 20.2 Å². The van der Waals surface area contributed by atoms with Crippen molar-refractivity contribution >= 4 is 22.4 Å². The number of hydrogen-bond donors (Lipinski definition) is 1. The van der Waals surface area contributed by atoms with Crippen LogP contribution in [0.5, 0.6) is 0 Å². The van der Waals surface area contributed by atoms with Gasteiger partial charge in [0.05, 0.1) is 27.6 Å². The Morgan fingerprint density at radius 2 is 2.10 bits per heavy atom. The number of nitrogens with zero attached hydrogens (tertiary/aromatic N) is 1. The van der Waals surface area contributed by atoms with E-state index < -0.39 is 22.5 Å². The van der Waals surface area contributed by atoms with E-state index in [1.807, 2.05) is 0 Å². The fourth-order valence-electron chi connectivity index (χ4n) is 1.80. The van der Waals surface area contributed by atoms with E-state index in [-0.39, 0.29) is 15.7 Å². The number of nitrogens with one attached hydrogen (secondary N) is 1. The maximum absolute atomic E-state index is 12.7. The van der Waals surface area contributed by atoms with Crippen molar-refractivity contribution in [2.24, 2.45) is 0 Å². The molecule has 0 saturated carbocycles. The molecule has 0 aliphatic heterocycles. The van der Waals surface area contributed by atoms with Gasteiger partial charge < -0.3 is 0 Å². The molecule has 0 spiro atoms. The van der Waals surface area contributed by atoms with Crippen LogP contribution in [0, 0.1) is 0 Å². The van der Waals surface area contributed by atoms with E-state index in [1.165, 1.54) is 6.07 Å². The summed E-state index contributed by atoms with van der Waals surface area (Å²) in [7, 11) is -1.49. The standard InChI is InChI=1S/C13H12ClF3N2OS/c14-12-4-3-10(6-11(12)13(15,16)17)21(20)5-1-2-9-7-18-19-8-9/h3-4,6-8H,1-2,5H2,(H,18,19)/t21-/m0/s1. The quantitative estimate of drug-likeness (QED) is 0.902. The molecule has 0 unspecified atom stereocenters. The highest BCUT2D eigenvalue weighted by Crippen LogP contribution is 2.35. The second-order valence-corrected chi connectivity index (χ2v) is 6.38. The summed E-state index contributed by atoms with van der Waals surface area (Å²) in [5.41, 5.74) is 0.0175. The fraction of sp³-hybridized carbons (Fsp3) is 0.308. The van der Waals surface area contributed by atoms with Gasteiger partial charge in [0.25, 0.3) is 0 Å². The molecular formula is C13H12ClF3N2OS. The number of rotatable bonds is 5. The summed E-state index contributed by atoms with van der Waals surface area (Å²) >= 11 is 5.53. The molecule has 0 radical (unpaired) electrons. The molecule has 114 valence electrons.